The van der Waals surface area contributed by atoms with Crippen LogP contribution in [0.25, 0.3) is 5.69 Å². The third kappa shape index (κ3) is 5.72. The summed E-state index contributed by atoms with van der Waals surface area (Å²) in [5, 5.41) is 10.2. The number of benzene rings is 1. The molecule has 1 saturated heterocycles. The number of amides is 1. The maximum absolute atomic E-state index is 12.8. The number of hydrogen-bond donors (Lipinski definition) is 2. The van der Waals surface area contributed by atoms with E-state index in [1.807, 2.05) is 0 Å². The molecule has 2 aromatic rings. The first-order valence-corrected chi connectivity index (χ1v) is 9.06. The average Bonchev–Trinajstić information content (AvgIpc) is 3.10. The quantitative estimate of drug-likeness (QED) is 0.765. The lowest BCUT2D eigenvalue weighted by molar-refractivity contribution is -0.137. The molecule has 0 radical (unpaired) electrons. The smallest absolute Gasteiger partial charge is 0.323 e. The first-order chi connectivity index (χ1) is 12.8. The van der Waals surface area contributed by atoms with Gasteiger partial charge in [-0.15, -0.1) is 12.4 Å². The SMILES string of the molecule is CC(CC(=O)Nc1cnn(-c2cccc(C(F)(F)F)c2)c1)C1CCCNC1.Cl. The van der Waals surface area contributed by atoms with E-state index < -0.39 is 11.7 Å². The van der Waals surface area contributed by atoms with E-state index in [4.69, 9.17) is 0 Å². The number of piperidine rings is 1. The van der Waals surface area contributed by atoms with Gasteiger partial charge in [-0.3, -0.25) is 4.79 Å². The third-order valence-corrected chi connectivity index (χ3v) is 4.95. The fourth-order valence-electron chi connectivity index (χ4n) is 3.39. The van der Waals surface area contributed by atoms with E-state index in [9.17, 15) is 18.0 Å². The first kappa shape index (κ1) is 22.2. The van der Waals surface area contributed by atoms with Crippen LogP contribution < -0.4 is 10.6 Å². The van der Waals surface area contributed by atoms with Gasteiger partial charge in [0.1, 0.15) is 0 Å². The van der Waals surface area contributed by atoms with Crippen LogP contribution >= 0.6 is 12.4 Å². The van der Waals surface area contributed by atoms with Crippen LogP contribution in [0.5, 0.6) is 0 Å². The van der Waals surface area contributed by atoms with E-state index in [-0.39, 0.29) is 29.9 Å². The molecule has 3 rings (SSSR count). The van der Waals surface area contributed by atoms with Crippen LogP contribution in [0, 0.1) is 11.8 Å². The summed E-state index contributed by atoms with van der Waals surface area (Å²) < 4.78 is 39.9. The zero-order valence-electron chi connectivity index (χ0n) is 15.5. The fraction of sp³-hybridized carbons (Fsp3) is 0.474. The number of aromatic nitrogens is 2. The second-order valence-corrected chi connectivity index (χ2v) is 7.06. The molecular weight excluding hydrogens is 393 g/mol. The Kier molecular flexibility index (Phi) is 7.48. The van der Waals surface area contributed by atoms with Crippen molar-refractivity contribution in [3.8, 4) is 5.69 Å². The van der Waals surface area contributed by atoms with Crippen molar-refractivity contribution < 1.29 is 18.0 Å². The van der Waals surface area contributed by atoms with Gasteiger partial charge in [0.15, 0.2) is 0 Å². The monoisotopic (exact) mass is 416 g/mol. The molecule has 28 heavy (non-hydrogen) atoms. The molecule has 1 amide bonds. The van der Waals surface area contributed by atoms with Crippen molar-refractivity contribution in [3.63, 3.8) is 0 Å². The minimum Gasteiger partial charge on any atom is -0.323 e. The highest BCUT2D eigenvalue weighted by Crippen LogP contribution is 2.30. The van der Waals surface area contributed by atoms with E-state index in [0.717, 1.165) is 38.1 Å². The van der Waals surface area contributed by atoms with Crippen LogP contribution in [-0.4, -0.2) is 28.8 Å². The molecule has 2 unspecified atom stereocenters. The predicted molar refractivity (Wildman–Crippen MR) is 104 cm³/mol. The van der Waals surface area contributed by atoms with Crippen molar-refractivity contribution >= 4 is 24.0 Å². The van der Waals surface area contributed by atoms with Gasteiger partial charge in [-0.25, -0.2) is 4.68 Å². The molecule has 0 saturated carbocycles. The number of nitrogens with zero attached hydrogens (tertiary/aromatic N) is 2. The molecule has 2 atom stereocenters. The maximum Gasteiger partial charge on any atom is 0.416 e. The van der Waals surface area contributed by atoms with Crippen LogP contribution in [-0.2, 0) is 11.0 Å². The fourth-order valence-corrected chi connectivity index (χ4v) is 3.39. The van der Waals surface area contributed by atoms with E-state index in [0.29, 0.717) is 18.0 Å². The molecule has 1 aliphatic heterocycles. The Morgan fingerprint density at radius 2 is 2.21 bits per heavy atom. The Morgan fingerprint density at radius 3 is 2.89 bits per heavy atom. The van der Waals surface area contributed by atoms with Crippen molar-refractivity contribution in [2.24, 2.45) is 11.8 Å². The highest BCUT2D eigenvalue weighted by atomic mass is 35.5. The highest BCUT2D eigenvalue weighted by molar-refractivity contribution is 5.90. The minimum atomic E-state index is -4.41. The third-order valence-electron chi connectivity index (χ3n) is 4.95. The number of alkyl halides is 3. The molecule has 2 N–H and O–H groups in total. The molecule has 1 aliphatic rings. The first-order valence-electron chi connectivity index (χ1n) is 9.06. The normalized spacial score (nSPS) is 18.2. The molecule has 0 aliphatic carbocycles. The van der Waals surface area contributed by atoms with Crippen LogP contribution in [0.2, 0.25) is 0 Å². The van der Waals surface area contributed by atoms with Gasteiger partial charge in [-0.1, -0.05) is 13.0 Å². The summed E-state index contributed by atoms with van der Waals surface area (Å²) in [5.74, 6) is 0.630. The molecule has 1 aromatic heterocycles. The lowest BCUT2D eigenvalue weighted by Crippen LogP contribution is -2.34. The number of halogens is 4. The topological polar surface area (TPSA) is 59.0 Å². The van der Waals surface area contributed by atoms with Gasteiger partial charge < -0.3 is 10.6 Å². The van der Waals surface area contributed by atoms with Gasteiger partial charge >= 0.3 is 6.18 Å². The Labute approximate surface area is 168 Å². The number of anilines is 1. The Balaban J connectivity index is 0.00000280. The van der Waals surface area contributed by atoms with E-state index in [2.05, 4.69) is 22.7 Å². The summed E-state index contributed by atoms with van der Waals surface area (Å²) in [6.45, 7) is 4.04. The number of carbonyl (C=O) groups excluding carboxylic acids is 1. The standard InChI is InChI=1S/C19H23F3N4O.ClH/c1-13(14-4-3-7-23-10-14)8-18(27)25-16-11-24-26(12-16)17-6-2-5-15(9-17)19(20,21)22;/h2,5-6,9,11-14,23H,3-4,7-8,10H2,1H3,(H,25,27);1H. The Bertz CT molecular complexity index is 787. The lowest BCUT2D eigenvalue weighted by atomic mass is 9.85. The molecule has 1 aromatic carbocycles. The second kappa shape index (κ2) is 9.43. The maximum atomic E-state index is 12.8. The molecule has 154 valence electrons. The van der Waals surface area contributed by atoms with Gasteiger partial charge in [0, 0.05) is 6.42 Å². The zero-order chi connectivity index (χ0) is 19.4. The molecule has 9 heteroatoms. The largest absolute Gasteiger partial charge is 0.416 e. The van der Waals surface area contributed by atoms with E-state index in [1.54, 1.807) is 0 Å². The number of rotatable bonds is 5. The highest BCUT2D eigenvalue weighted by Gasteiger charge is 2.30. The van der Waals surface area contributed by atoms with E-state index in [1.165, 1.54) is 29.2 Å². The van der Waals surface area contributed by atoms with Crippen molar-refractivity contribution in [2.45, 2.75) is 32.4 Å². The Morgan fingerprint density at radius 1 is 1.43 bits per heavy atom. The van der Waals surface area contributed by atoms with Gasteiger partial charge in [-0.05, 0) is 56.0 Å². The van der Waals surface area contributed by atoms with Crippen LogP contribution in [0.4, 0.5) is 18.9 Å². The summed E-state index contributed by atoms with van der Waals surface area (Å²) in [4.78, 5) is 12.3. The molecule has 2 heterocycles. The molecule has 1 fully saturated rings. The summed E-state index contributed by atoms with van der Waals surface area (Å²) in [5.41, 5.74) is 0.00866. The minimum absolute atomic E-state index is 0. The molecular formula is C19H24ClF3N4O. The summed E-state index contributed by atoms with van der Waals surface area (Å²) in [6, 6.07) is 4.90. The average molecular weight is 417 g/mol. The van der Waals surface area contributed by atoms with Crippen molar-refractivity contribution in [3.05, 3.63) is 42.2 Å². The number of nitrogens with one attached hydrogen (secondary N) is 2. The summed E-state index contributed by atoms with van der Waals surface area (Å²) in [6.07, 6.45) is 1.19. The molecule has 5 nitrogen and oxygen atoms in total. The number of hydrogen-bond acceptors (Lipinski definition) is 3. The zero-order valence-corrected chi connectivity index (χ0v) is 16.3. The van der Waals surface area contributed by atoms with Gasteiger partial charge in [0.2, 0.25) is 5.91 Å². The lowest BCUT2D eigenvalue weighted by Gasteiger charge is -2.27. The van der Waals surface area contributed by atoms with Crippen molar-refractivity contribution in [1.29, 1.82) is 0 Å². The second-order valence-electron chi connectivity index (χ2n) is 7.06. The van der Waals surface area contributed by atoms with E-state index >= 15 is 0 Å². The van der Waals surface area contributed by atoms with Gasteiger partial charge in [0.05, 0.1) is 29.3 Å². The predicted octanol–water partition coefficient (Wildman–Crippen LogP) is 4.28. The van der Waals surface area contributed by atoms with Crippen LogP contribution in [0.3, 0.4) is 0 Å². The summed E-state index contributed by atoms with van der Waals surface area (Å²) >= 11 is 0. The summed E-state index contributed by atoms with van der Waals surface area (Å²) in [7, 11) is 0. The van der Waals surface area contributed by atoms with Crippen molar-refractivity contribution in [2.75, 3.05) is 18.4 Å². The number of carbonyl (C=O) groups is 1. The molecule has 0 spiro atoms. The Hall–Kier alpha value is -2.06. The van der Waals surface area contributed by atoms with Gasteiger partial charge in [-0.2, -0.15) is 18.3 Å². The van der Waals surface area contributed by atoms with Gasteiger partial charge in [0.25, 0.3) is 0 Å². The van der Waals surface area contributed by atoms with Crippen LogP contribution in [0.1, 0.15) is 31.7 Å². The van der Waals surface area contributed by atoms with Crippen LogP contribution in [0.15, 0.2) is 36.7 Å². The van der Waals surface area contributed by atoms with Crippen molar-refractivity contribution in [1.82, 2.24) is 15.1 Å². The molecule has 0 bridgehead atoms.